The van der Waals surface area contributed by atoms with Crippen LogP contribution in [0.2, 0.25) is 0 Å². The summed E-state index contributed by atoms with van der Waals surface area (Å²) in [5.74, 6) is 0.257. The first-order chi connectivity index (χ1) is 15.7. The molecule has 4 rings (SSSR count). The summed E-state index contributed by atoms with van der Waals surface area (Å²) >= 11 is 1.53. The molecule has 0 saturated heterocycles. The summed E-state index contributed by atoms with van der Waals surface area (Å²) < 4.78 is 13.2. The molecule has 6 nitrogen and oxygen atoms in total. The molecular weight excluding hydrogens is 425 g/mol. The topological polar surface area (TPSA) is 70.5 Å². The summed E-state index contributed by atoms with van der Waals surface area (Å²) in [6.45, 7) is 0.749. The number of hydrogen-bond donors (Lipinski definition) is 1. The summed E-state index contributed by atoms with van der Waals surface area (Å²) in [6.07, 6.45) is 7.58. The van der Waals surface area contributed by atoms with Crippen LogP contribution in [0.3, 0.4) is 0 Å². The third-order valence-corrected chi connectivity index (χ3v) is 5.84. The highest BCUT2D eigenvalue weighted by Crippen LogP contribution is 2.22. The van der Waals surface area contributed by atoms with Gasteiger partial charge in [0.05, 0.1) is 6.54 Å². The van der Waals surface area contributed by atoms with E-state index in [1.165, 1.54) is 30.2 Å². The number of nitrogens with one attached hydrogen (secondary N) is 1. The van der Waals surface area contributed by atoms with Crippen LogP contribution in [0.5, 0.6) is 0 Å². The molecule has 0 radical (unpaired) electrons. The molecule has 0 unspecified atom stereocenters. The molecule has 0 atom stereocenters. The molecule has 0 aliphatic carbocycles. The predicted molar refractivity (Wildman–Crippen MR) is 126 cm³/mol. The number of para-hydroxylation sites is 1. The second-order valence-electron chi connectivity index (χ2n) is 7.31. The molecule has 0 fully saturated rings. The van der Waals surface area contributed by atoms with Crippen LogP contribution < -0.4 is 5.32 Å². The summed E-state index contributed by atoms with van der Waals surface area (Å²) in [5, 5.41) is 3.68. The number of hydrogen-bond acceptors (Lipinski definition) is 6. The highest BCUT2D eigenvalue weighted by molar-refractivity contribution is 8.13. The van der Waals surface area contributed by atoms with Gasteiger partial charge in [0.1, 0.15) is 12.1 Å². The largest absolute Gasteiger partial charge is 0.338 e. The number of benzene rings is 2. The van der Waals surface area contributed by atoms with E-state index in [1.54, 1.807) is 24.5 Å². The lowest BCUT2D eigenvalue weighted by Crippen LogP contribution is -2.39. The van der Waals surface area contributed by atoms with Crippen molar-refractivity contribution in [2.75, 3.05) is 18.4 Å². The van der Waals surface area contributed by atoms with E-state index in [0.717, 1.165) is 27.6 Å². The van der Waals surface area contributed by atoms with Crippen LogP contribution in [-0.4, -0.2) is 39.0 Å². The molecule has 1 amide bonds. The molecule has 8 heteroatoms. The number of halogens is 1. The number of amidine groups is 1. The third kappa shape index (κ3) is 6.24. The van der Waals surface area contributed by atoms with Gasteiger partial charge in [-0.15, -0.1) is 0 Å². The van der Waals surface area contributed by atoms with Crippen LogP contribution >= 0.6 is 11.8 Å². The van der Waals surface area contributed by atoms with Crippen LogP contribution in [0.4, 0.5) is 10.1 Å². The molecule has 2 heterocycles. The summed E-state index contributed by atoms with van der Waals surface area (Å²) in [7, 11) is 0. The van der Waals surface area contributed by atoms with Gasteiger partial charge in [-0.2, -0.15) is 0 Å². The molecule has 0 saturated carbocycles. The number of anilines is 1. The number of rotatable bonds is 7. The van der Waals surface area contributed by atoms with Crippen molar-refractivity contribution < 1.29 is 9.18 Å². The Morgan fingerprint density at radius 2 is 1.78 bits per heavy atom. The lowest BCUT2D eigenvalue weighted by Gasteiger charge is -2.29. The van der Waals surface area contributed by atoms with E-state index in [4.69, 9.17) is 0 Å². The number of carbonyl (C=O) groups is 1. The molecule has 1 aliphatic rings. The molecular formula is C24H22FN5OS. The van der Waals surface area contributed by atoms with E-state index >= 15 is 0 Å². The quantitative estimate of drug-likeness (QED) is 0.585. The van der Waals surface area contributed by atoms with E-state index in [9.17, 15) is 9.18 Å². The smallest absolute Gasteiger partial charge is 0.243 e. The van der Waals surface area contributed by atoms with Gasteiger partial charge in [-0.25, -0.2) is 19.4 Å². The minimum atomic E-state index is -0.259. The Labute approximate surface area is 190 Å². The summed E-state index contributed by atoms with van der Waals surface area (Å²) in [4.78, 5) is 27.4. The zero-order valence-corrected chi connectivity index (χ0v) is 18.1. The average Bonchev–Trinajstić information content (AvgIpc) is 2.81. The van der Waals surface area contributed by atoms with Gasteiger partial charge in [0.15, 0.2) is 5.17 Å². The Kier molecular flexibility index (Phi) is 7.24. The summed E-state index contributed by atoms with van der Waals surface area (Å²) in [5.41, 5.74) is 3.80. The van der Waals surface area contributed by atoms with Crippen molar-refractivity contribution in [3.8, 4) is 0 Å². The van der Waals surface area contributed by atoms with Crippen molar-refractivity contribution in [1.82, 2.24) is 14.9 Å². The molecule has 2 aromatic carbocycles. The highest BCUT2D eigenvalue weighted by Gasteiger charge is 2.21. The van der Waals surface area contributed by atoms with Gasteiger partial charge in [-0.3, -0.25) is 4.79 Å². The second kappa shape index (κ2) is 10.7. The van der Waals surface area contributed by atoms with Crippen molar-refractivity contribution in [2.45, 2.75) is 12.2 Å². The minimum absolute atomic E-state index is 0.115. The standard InChI is InChI=1S/C24H22FN5OS/c25-21-8-6-18(7-9-21)16-32-24-28-13-20(10-19-11-26-17-27-12-19)14-30(24)15-23(31)29-22-4-2-1-3-5-22/h1-9,11-13,17H,10,14-16H2,(H,29,31). The number of aromatic nitrogens is 2. The molecule has 0 spiro atoms. The Morgan fingerprint density at radius 3 is 2.53 bits per heavy atom. The minimum Gasteiger partial charge on any atom is -0.338 e. The van der Waals surface area contributed by atoms with Gasteiger partial charge in [0.25, 0.3) is 0 Å². The van der Waals surface area contributed by atoms with E-state index in [2.05, 4.69) is 20.3 Å². The maximum Gasteiger partial charge on any atom is 0.243 e. The van der Waals surface area contributed by atoms with Gasteiger partial charge in [0, 0.05) is 36.6 Å². The van der Waals surface area contributed by atoms with Gasteiger partial charge in [-0.05, 0) is 47.4 Å². The molecule has 162 valence electrons. The summed E-state index contributed by atoms with van der Waals surface area (Å²) in [6, 6.07) is 15.8. The Hall–Kier alpha value is -3.52. The van der Waals surface area contributed by atoms with E-state index in [0.29, 0.717) is 18.7 Å². The Balaban J connectivity index is 1.46. The number of amides is 1. The zero-order chi connectivity index (χ0) is 22.2. The first kappa shape index (κ1) is 21.7. The fraction of sp³-hybridized carbons (Fsp3) is 0.167. The normalized spacial score (nSPS) is 13.3. The predicted octanol–water partition coefficient (Wildman–Crippen LogP) is 4.29. The van der Waals surface area contributed by atoms with Crippen molar-refractivity contribution >= 4 is 28.5 Å². The number of aliphatic imine (C=N–C) groups is 1. The molecule has 1 aromatic heterocycles. The van der Waals surface area contributed by atoms with Gasteiger partial charge in [0.2, 0.25) is 5.91 Å². The van der Waals surface area contributed by atoms with E-state index < -0.39 is 0 Å². The maximum atomic E-state index is 13.2. The number of nitrogens with zero attached hydrogens (tertiary/aromatic N) is 4. The van der Waals surface area contributed by atoms with Crippen LogP contribution in [0.25, 0.3) is 0 Å². The second-order valence-corrected chi connectivity index (χ2v) is 8.25. The van der Waals surface area contributed by atoms with Crippen molar-refractivity contribution in [3.63, 3.8) is 0 Å². The fourth-order valence-electron chi connectivity index (χ4n) is 3.24. The SMILES string of the molecule is O=C(CN1CC(Cc2cncnc2)=CN=C1SCc1ccc(F)cc1)Nc1ccccc1. The molecule has 3 aromatic rings. The van der Waals surface area contributed by atoms with Crippen LogP contribution in [0.15, 0.2) is 90.1 Å². The van der Waals surface area contributed by atoms with Gasteiger partial charge >= 0.3 is 0 Å². The molecule has 32 heavy (non-hydrogen) atoms. The van der Waals surface area contributed by atoms with Crippen LogP contribution in [0.1, 0.15) is 11.1 Å². The third-order valence-electron chi connectivity index (χ3n) is 4.74. The first-order valence-corrected chi connectivity index (χ1v) is 11.1. The van der Waals surface area contributed by atoms with Crippen LogP contribution in [-0.2, 0) is 17.0 Å². The monoisotopic (exact) mass is 447 g/mol. The van der Waals surface area contributed by atoms with Gasteiger partial charge in [-0.1, -0.05) is 42.1 Å². The average molecular weight is 448 g/mol. The zero-order valence-electron chi connectivity index (χ0n) is 17.3. The van der Waals surface area contributed by atoms with Gasteiger partial charge < -0.3 is 10.2 Å². The lowest BCUT2D eigenvalue weighted by atomic mass is 10.1. The van der Waals surface area contributed by atoms with Crippen molar-refractivity contribution in [2.24, 2.45) is 4.99 Å². The number of carbonyl (C=O) groups excluding carboxylic acids is 1. The van der Waals surface area contributed by atoms with Crippen LogP contribution in [0, 0.1) is 5.82 Å². The fourth-order valence-corrected chi connectivity index (χ4v) is 4.17. The molecule has 1 aliphatic heterocycles. The van der Waals surface area contributed by atoms with Crippen molar-refractivity contribution in [1.29, 1.82) is 0 Å². The van der Waals surface area contributed by atoms with E-state index in [-0.39, 0.29) is 18.3 Å². The number of thioether (sulfide) groups is 1. The van der Waals surface area contributed by atoms with Crippen molar-refractivity contribution in [3.05, 3.63) is 102 Å². The molecule has 1 N–H and O–H groups in total. The van der Waals surface area contributed by atoms with E-state index in [1.807, 2.05) is 41.4 Å². The lowest BCUT2D eigenvalue weighted by molar-refractivity contribution is -0.116. The molecule has 0 bridgehead atoms. The first-order valence-electron chi connectivity index (χ1n) is 10.1. The Morgan fingerprint density at radius 1 is 1.03 bits per heavy atom. The maximum absolute atomic E-state index is 13.2. The highest BCUT2D eigenvalue weighted by atomic mass is 32.2. The Bertz CT molecular complexity index is 1100.